The Labute approximate surface area is 186 Å². The molecule has 31 heavy (non-hydrogen) atoms. The van der Waals surface area contributed by atoms with E-state index in [9.17, 15) is 5.11 Å². The molecule has 1 heterocycles. The highest BCUT2D eigenvalue weighted by Gasteiger charge is 2.36. The number of aliphatic hydroxyl groups is 1. The summed E-state index contributed by atoms with van der Waals surface area (Å²) in [4.78, 5) is 4.80. The summed E-state index contributed by atoms with van der Waals surface area (Å²) < 4.78 is 6.00. The summed E-state index contributed by atoms with van der Waals surface area (Å²) in [5, 5.41) is 17.7. The zero-order chi connectivity index (χ0) is 21.2. The smallest absolute Gasteiger partial charge is 0.208 e. The molecule has 5 nitrogen and oxygen atoms in total. The molecule has 3 N–H and O–H groups in total. The Morgan fingerprint density at radius 3 is 2.97 bits per heavy atom. The summed E-state index contributed by atoms with van der Waals surface area (Å²) in [5.74, 6) is 2.32. The minimum atomic E-state index is -0.481. The molecular weight excluding hydrogens is 386 g/mol. The van der Waals surface area contributed by atoms with Crippen molar-refractivity contribution in [3.63, 3.8) is 0 Å². The number of hydrogen-bond donors (Lipinski definition) is 3. The van der Waals surface area contributed by atoms with E-state index in [0.717, 1.165) is 37.4 Å². The monoisotopic (exact) mass is 423 g/mol. The van der Waals surface area contributed by atoms with Crippen molar-refractivity contribution in [2.24, 2.45) is 22.7 Å². The van der Waals surface area contributed by atoms with Gasteiger partial charge in [0.25, 0.3) is 0 Å². The number of ether oxygens (including phenoxy) is 1. The van der Waals surface area contributed by atoms with E-state index < -0.39 is 6.10 Å². The summed E-state index contributed by atoms with van der Waals surface area (Å²) in [7, 11) is 0. The Bertz CT molecular complexity index is 825. The van der Waals surface area contributed by atoms with E-state index in [4.69, 9.17) is 9.73 Å². The average molecular weight is 424 g/mol. The number of fused-ring (bicyclic) bond motifs is 2. The molecule has 1 saturated carbocycles. The maximum absolute atomic E-state index is 10.5. The molecule has 1 fully saturated rings. The Morgan fingerprint density at radius 2 is 2.10 bits per heavy atom. The van der Waals surface area contributed by atoms with Crippen molar-refractivity contribution in [2.45, 2.75) is 83.3 Å². The minimum Gasteiger partial charge on any atom is -0.388 e. The predicted octanol–water partition coefficient (Wildman–Crippen LogP) is 4.33. The fraction of sp³-hybridized carbons (Fsp3) is 0.654. The number of hydrogen-bond acceptors (Lipinski definition) is 5. The molecule has 0 amide bonds. The highest BCUT2D eigenvalue weighted by Crippen LogP contribution is 2.44. The second kappa shape index (κ2) is 9.43. The quantitative estimate of drug-likeness (QED) is 0.576. The van der Waals surface area contributed by atoms with Crippen LogP contribution in [0.2, 0.25) is 0 Å². The third kappa shape index (κ3) is 4.59. The molecule has 6 unspecified atom stereocenters. The first-order chi connectivity index (χ1) is 15.2. The van der Waals surface area contributed by atoms with Gasteiger partial charge in [-0.05, 0) is 74.3 Å². The van der Waals surface area contributed by atoms with E-state index in [1.165, 1.54) is 43.3 Å². The maximum Gasteiger partial charge on any atom is 0.208 e. The van der Waals surface area contributed by atoms with E-state index in [0.29, 0.717) is 12.5 Å². The SMILES string of the molecule is CCCOC1N=C(C2CCC=CC2O)NC(C2=CC=C3C=C4CCCCC4CC3C2)N1. The van der Waals surface area contributed by atoms with E-state index in [1.54, 1.807) is 5.57 Å². The summed E-state index contributed by atoms with van der Waals surface area (Å²) in [5.41, 5.74) is 4.59. The molecule has 0 radical (unpaired) electrons. The van der Waals surface area contributed by atoms with Crippen molar-refractivity contribution in [3.05, 3.63) is 47.1 Å². The molecule has 5 heteroatoms. The van der Waals surface area contributed by atoms with Gasteiger partial charge in [-0.15, -0.1) is 0 Å². The van der Waals surface area contributed by atoms with Crippen molar-refractivity contribution in [1.29, 1.82) is 0 Å². The predicted molar refractivity (Wildman–Crippen MR) is 124 cm³/mol. The second-order valence-electron chi connectivity index (χ2n) is 9.79. The van der Waals surface area contributed by atoms with Gasteiger partial charge in [-0.3, -0.25) is 0 Å². The van der Waals surface area contributed by atoms with Crippen LogP contribution >= 0.6 is 0 Å². The van der Waals surface area contributed by atoms with Gasteiger partial charge in [-0.2, -0.15) is 0 Å². The largest absolute Gasteiger partial charge is 0.388 e. The first-order valence-electron chi connectivity index (χ1n) is 12.4. The van der Waals surface area contributed by atoms with Gasteiger partial charge in [0, 0.05) is 5.92 Å². The number of allylic oxidation sites excluding steroid dienone is 6. The van der Waals surface area contributed by atoms with Gasteiger partial charge in [0.2, 0.25) is 6.35 Å². The molecule has 0 spiro atoms. The van der Waals surface area contributed by atoms with Gasteiger partial charge in [-0.1, -0.05) is 49.3 Å². The third-order valence-electron chi connectivity index (χ3n) is 7.61. The van der Waals surface area contributed by atoms with Crippen molar-refractivity contribution < 1.29 is 9.84 Å². The van der Waals surface area contributed by atoms with E-state index >= 15 is 0 Å². The number of aliphatic hydroxyl groups excluding tert-OH is 1. The fourth-order valence-electron chi connectivity index (χ4n) is 5.90. The van der Waals surface area contributed by atoms with Crippen LogP contribution in [-0.2, 0) is 4.74 Å². The number of nitrogens with zero attached hydrogens (tertiary/aromatic N) is 1. The van der Waals surface area contributed by atoms with E-state index in [-0.39, 0.29) is 18.4 Å². The zero-order valence-corrected chi connectivity index (χ0v) is 18.7. The van der Waals surface area contributed by atoms with Crippen molar-refractivity contribution in [3.8, 4) is 0 Å². The number of nitrogens with one attached hydrogen (secondary N) is 2. The minimum absolute atomic E-state index is 0.00185. The molecule has 4 aliphatic carbocycles. The number of rotatable bonds is 5. The van der Waals surface area contributed by atoms with Crippen LogP contribution in [0, 0.1) is 17.8 Å². The first kappa shape index (κ1) is 21.2. The topological polar surface area (TPSA) is 65.9 Å². The molecule has 0 aromatic carbocycles. The third-order valence-corrected chi connectivity index (χ3v) is 7.61. The molecule has 6 atom stereocenters. The Morgan fingerprint density at radius 1 is 1.16 bits per heavy atom. The lowest BCUT2D eigenvalue weighted by Crippen LogP contribution is -2.58. The van der Waals surface area contributed by atoms with Crippen LogP contribution in [0.4, 0.5) is 0 Å². The maximum atomic E-state index is 10.5. The number of aliphatic imine (C=N–C) groups is 1. The van der Waals surface area contributed by atoms with Crippen LogP contribution in [0.5, 0.6) is 0 Å². The normalized spacial score (nSPS) is 37.5. The summed E-state index contributed by atoms with van der Waals surface area (Å²) in [6.45, 7) is 2.79. The lowest BCUT2D eigenvalue weighted by Gasteiger charge is -2.40. The number of amidine groups is 1. The Hall–Kier alpha value is -1.69. The van der Waals surface area contributed by atoms with Gasteiger partial charge in [0.1, 0.15) is 12.0 Å². The first-order valence-corrected chi connectivity index (χ1v) is 12.4. The van der Waals surface area contributed by atoms with E-state index in [2.05, 4.69) is 41.9 Å². The van der Waals surface area contributed by atoms with Crippen LogP contribution < -0.4 is 10.6 Å². The van der Waals surface area contributed by atoms with Crippen LogP contribution in [-0.4, -0.2) is 36.2 Å². The highest BCUT2D eigenvalue weighted by atomic mass is 16.5. The molecular formula is C26H37N3O2. The average Bonchev–Trinajstić information content (AvgIpc) is 2.81. The molecule has 1 aliphatic heterocycles. The van der Waals surface area contributed by atoms with Gasteiger partial charge in [0.05, 0.1) is 12.7 Å². The lowest BCUT2D eigenvalue weighted by molar-refractivity contribution is 0.0225. The standard InChI is InChI=1S/C26H37N3O2/c1-2-13-31-26-28-24(27-25(29-26)22-9-5-6-10-23(22)30)20-12-11-19-14-17-7-3-4-8-18(17)15-21(19)16-20/h6,10-12,14,18,21-24,26,28,30H,2-5,7-9,13,15-16H2,1H3,(H,27,29). The van der Waals surface area contributed by atoms with Gasteiger partial charge >= 0.3 is 0 Å². The van der Waals surface area contributed by atoms with Crippen molar-refractivity contribution >= 4 is 5.84 Å². The van der Waals surface area contributed by atoms with Crippen LogP contribution in [0.25, 0.3) is 0 Å². The van der Waals surface area contributed by atoms with Gasteiger partial charge in [0.15, 0.2) is 0 Å². The zero-order valence-electron chi connectivity index (χ0n) is 18.7. The molecule has 0 aromatic heterocycles. The molecule has 5 rings (SSSR count). The summed E-state index contributed by atoms with van der Waals surface area (Å²) in [6, 6.07) is 0. The van der Waals surface area contributed by atoms with Crippen molar-refractivity contribution in [1.82, 2.24) is 10.6 Å². The van der Waals surface area contributed by atoms with Crippen LogP contribution in [0.1, 0.15) is 64.7 Å². The molecule has 168 valence electrons. The van der Waals surface area contributed by atoms with Gasteiger partial charge in [-0.25, -0.2) is 10.3 Å². The Kier molecular flexibility index (Phi) is 6.44. The molecule has 0 aromatic rings. The van der Waals surface area contributed by atoms with Crippen LogP contribution in [0.3, 0.4) is 0 Å². The molecule has 0 bridgehead atoms. The lowest BCUT2D eigenvalue weighted by atomic mass is 9.69. The molecule has 0 saturated heterocycles. The molecule has 5 aliphatic rings. The van der Waals surface area contributed by atoms with Crippen LogP contribution in [0.15, 0.2) is 52.1 Å². The fourth-order valence-corrected chi connectivity index (χ4v) is 5.90. The second-order valence-corrected chi connectivity index (χ2v) is 9.79. The van der Waals surface area contributed by atoms with Crippen molar-refractivity contribution in [2.75, 3.05) is 6.61 Å². The van der Waals surface area contributed by atoms with E-state index in [1.807, 2.05) is 6.08 Å². The summed E-state index contributed by atoms with van der Waals surface area (Å²) >= 11 is 0. The van der Waals surface area contributed by atoms with Gasteiger partial charge < -0.3 is 15.2 Å². The Balaban J connectivity index is 1.35. The highest BCUT2D eigenvalue weighted by molar-refractivity contribution is 5.86. The summed E-state index contributed by atoms with van der Waals surface area (Å²) in [6.07, 6.45) is 20.9.